The van der Waals surface area contributed by atoms with Crippen LogP contribution in [-0.2, 0) is 17.8 Å². The summed E-state index contributed by atoms with van der Waals surface area (Å²) in [5.41, 5.74) is 2.28. The normalized spacial score (nSPS) is 17.9. The zero-order valence-corrected chi connectivity index (χ0v) is 13.0. The van der Waals surface area contributed by atoms with Crippen molar-refractivity contribution in [2.75, 3.05) is 6.54 Å². The highest BCUT2D eigenvalue weighted by atomic mass is 79.9. The lowest BCUT2D eigenvalue weighted by Gasteiger charge is -2.35. The van der Waals surface area contributed by atoms with Crippen molar-refractivity contribution >= 4 is 21.8 Å². The molecule has 0 aliphatic carbocycles. The first-order valence-corrected chi connectivity index (χ1v) is 7.63. The predicted octanol–water partition coefficient (Wildman–Crippen LogP) is 3.40. The molecule has 4 heteroatoms. The molecule has 0 spiro atoms. The van der Waals surface area contributed by atoms with Gasteiger partial charge in [0.05, 0.1) is 12.5 Å². The van der Waals surface area contributed by atoms with Gasteiger partial charge in [-0.1, -0.05) is 28.1 Å². The number of halogens is 1. The summed E-state index contributed by atoms with van der Waals surface area (Å²) >= 11 is 3.41. The molecule has 20 heavy (non-hydrogen) atoms. The summed E-state index contributed by atoms with van der Waals surface area (Å²) in [5.74, 6) is 0.201. The summed E-state index contributed by atoms with van der Waals surface area (Å²) in [4.78, 5) is 14.5. The van der Waals surface area contributed by atoms with Gasteiger partial charge in [-0.3, -0.25) is 4.79 Å². The third kappa shape index (κ3) is 2.52. The summed E-state index contributed by atoms with van der Waals surface area (Å²) in [5, 5.41) is 0. The Labute approximate surface area is 127 Å². The Morgan fingerprint density at radius 2 is 2.00 bits per heavy atom. The van der Waals surface area contributed by atoms with Gasteiger partial charge in [0.15, 0.2) is 0 Å². The number of hydrogen-bond acceptors (Lipinski definition) is 1. The number of carbonyl (C=O) groups is 1. The molecular weight excluding hydrogens is 316 g/mol. The van der Waals surface area contributed by atoms with E-state index in [2.05, 4.69) is 45.8 Å². The molecule has 0 radical (unpaired) electrons. The highest BCUT2D eigenvalue weighted by molar-refractivity contribution is 9.10. The zero-order valence-electron chi connectivity index (χ0n) is 11.4. The van der Waals surface area contributed by atoms with Crippen molar-refractivity contribution in [1.82, 2.24) is 9.47 Å². The van der Waals surface area contributed by atoms with Gasteiger partial charge in [-0.05, 0) is 36.8 Å². The standard InChI is InChI=1S/C16H17BrN2O/c1-12-15-3-2-8-18(15)9-10-19(12)16(20)11-13-4-6-14(17)7-5-13/h2-8,12H,9-11H2,1H3/t12-/m1/s1. The van der Waals surface area contributed by atoms with Crippen LogP contribution in [0.2, 0.25) is 0 Å². The van der Waals surface area contributed by atoms with Crippen LogP contribution in [-0.4, -0.2) is 21.9 Å². The maximum atomic E-state index is 12.5. The average molecular weight is 333 g/mol. The molecule has 2 aromatic rings. The van der Waals surface area contributed by atoms with Crippen molar-refractivity contribution in [3.05, 3.63) is 58.3 Å². The Balaban J connectivity index is 1.73. The lowest BCUT2D eigenvalue weighted by atomic mass is 10.1. The first kappa shape index (κ1) is 13.4. The smallest absolute Gasteiger partial charge is 0.227 e. The van der Waals surface area contributed by atoms with Gasteiger partial charge in [0.2, 0.25) is 5.91 Å². The van der Waals surface area contributed by atoms with E-state index in [1.54, 1.807) is 0 Å². The van der Waals surface area contributed by atoms with Gasteiger partial charge in [0.1, 0.15) is 0 Å². The minimum absolute atomic E-state index is 0.154. The van der Waals surface area contributed by atoms with Gasteiger partial charge >= 0.3 is 0 Å². The molecule has 1 aromatic heterocycles. The van der Waals surface area contributed by atoms with Gasteiger partial charge < -0.3 is 9.47 Å². The van der Waals surface area contributed by atoms with E-state index in [4.69, 9.17) is 0 Å². The van der Waals surface area contributed by atoms with Gasteiger partial charge in [-0.15, -0.1) is 0 Å². The first-order chi connectivity index (χ1) is 9.65. The molecular formula is C16H17BrN2O. The Morgan fingerprint density at radius 1 is 1.25 bits per heavy atom. The second-order valence-electron chi connectivity index (χ2n) is 5.19. The molecule has 3 rings (SSSR count). The number of benzene rings is 1. The molecule has 0 saturated carbocycles. The Morgan fingerprint density at radius 3 is 2.75 bits per heavy atom. The molecule has 3 nitrogen and oxygen atoms in total. The number of fused-ring (bicyclic) bond motifs is 1. The fourth-order valence-corrected chi connectivity index (χ4v) is 3.06. The van der Waals surface area contributed by atoms with Crippen LogP contribution in [0.25, 0.3) is 0 Å². The molecule has 104 valence electrons. The van der Waals surface area contributed by atoms with Gasteiger partial charge in [0.25, 0.3) is 0 Å². The maximum Gasteiger partial charge on any atom is 0.227 e. The van der Waals surface area contributed by atoms with E-state index in [1.807, 2.05) is 29.2 Å². The Kier molecular flexibility index (Phi) is 3.66. The molecule has 1 aliphatic heterocycles. The van der Waals surface area contributed by atoms with E-state index in [9.17, 15) is 4.79 Å². The minimum Gasteiger partial charge on any atom is -0.348 e. The number of rotatable bonds is 2. The van der Waals surface area contributed by atoms with Crippen molar-refractivity contribution in [2.45, 2.75) is 25.9 Å². The van der Waals surface area contributed by atoms with Gasteiger partial charge in [0, 0.05) is 29.5 Å². The van der Waals surface area contributed by atoms with Crippen molar-refractivity contribution in [3.63, 3.8) is 0 Å². The van der Waals surface area contributed by atoms with E-state index in [0.29, 0.717) is 6.42 Å². The Hall–Kier alpha value is -1.55. The number of nitrogens with zero attached hydrogens (tertiary/aromatic N) is 2. The van der Waals surface area contributed by atoms with Crippen LogP contribution in [0.3, 0.4) is 0 Å². The SMILES string of the molecule is C[C@@H]1c2cccn2CCN1C(=O)Cc1ccc(Br)cc1. The third-order valence-corrected chi connectivity index (χ3v) is 4.46. The van der Waals surface area contributed by atoms with E-state index in [-0.39, 0.29) is 11.9 Å². The minimum atomic E-state index is 0.154. The first-order valence-electron chi connectivity index (χ1n) is 6.84. The maximum absolute atomic E-state index is 12.5. The average Bonchev–Trinajstić information content (AvgIpc) is 2.91. The summed E-state index contributed by atoms with van der Waals surface area (Å²) in [6.07, 6.45) is 2.56. The van der Waals surface area contributed by atoms with Crippen molar-refractivity contribution in [3.8, 4) is 0 Å². The number of amides is 1. The molecule has 2 heterocycles. The molecule has 0 bridgehead atoms. The fourth-order valence-electron chi connectivity index (χ4n) is 2.80. The topological polar surface area (TPSA) is 25.2 Å². The number of carbonyl (C=O) groups excluding carboxylic acids is 1. The Bertz CT molecular complexity index is 618. The molecule has 0 unspecified atom stereocenters. The lowest BCUT2D eigenvalue weighted by molar-refractivity contribution is -0.133. The monoisotopic (exact) mass is 332 g/mol. The lowest BCUT2D eigenvalue weighted by Crippen LogP contribution is -2.41. The quantitative estimate of drug-likeness (QED) is 0.827. The third-order valence-electron chi connectivity index (χ3n) is 3.93. The summed E-state index contributed by atoms with van der Waals surface area (Å²) in [7, 11) is 0. The second-order valence-corrected chi connectivity index (χ2v) is 6.11. The van der Waals surface area contributed by atoms with Gasteiger partial charge in [-0.2, -0.15) is 0 Å². The molecule has 0 fully saturated rings. The van der Waals surface area contributed by atoms with E-state index < -0.39 is 0 Å². The van der Waals surface area contributed by atoms with E-state index in [1.165, 1.54) is 5.69 Å². The second kappa shape index (κ2) is 5.44. The molecule has 1 aromatic carbocycles. The van der Waals surface area contributed by atoms with E-state index >= 15 is 0 Å². The van der Waals surface area contributed by atoms with Crippen LogP contribution in [0.15, 0.2) is 47.1 Å². The predicted molar refractivity (Wildman–Crippen MR) is 82.4 cm³/mol. The van der Waals surface area contributed by atoms with Gasteiger partial charge in [-0.25, -0.2) is 0 Å². The molecule has 1 amide bonds. The fraction of sp³-hybridized carbons (Fsp3) is 0.312. The summed E-state index contributed by atoms with van der Waals surface area (Å²) < 4.78 is 3.27. The molecule has 0 N–H and O–H groups in total. The zero-order chi connectivity index (χ0) is 14.1. The highest BCUT2D eigenvalue weighted by Crippen LogP contribution is 2.26. The van der Waals surface area contributed by atoms with Crippen molar-refractivity contribution in [1.29, 1.82) is 0 Å². The van der Waals surface area contributed by atoms with Crippen LogP contribution < -0.4 is 0 Å². The van der Waals surface area contributed by atoms with Crippen LogP contribution in [0.5, 0.6) is 0 Å². The van der Waals surface area contributed by atoms with Crippen molar-refractivity contribution in [2.24, 2.45) is 0 Å². The van der Waals surface area contributed by atoms with Crippen LogP contribution in [0.4, 0.5) is 0 Å². The number of aromatic nitrogens is 1. The largest absolute Gasteiger partial charge is 0.348 e. The molecule has 1 atom stereocenters. The summed E-state index contributed by atoms with van der Waals surface area (Å²) in [6.45, 7) is 3.78. The van der Waals surface area contributed by atoms with Crippen LogP contribution in [0, 0.1) is 0 Å². The number of hydrogen-bond donors (Lipinski definition) is 0. The molecule has 1 aliphatic rings. The van der Waals surface area contributed by atoms with Crippen LogP contribution >= 0.6 is 15.9 Å². The highest BCUT2D eigenvalue weighted by Gasteiger charge is 2.27. The van der Waals surface area contributed by atoms with E-state index in [0.717, 1.165) is 23.1 Å². The van der Waals surface area contributed by atoms with Crippen LogP contribution in [0.1, 0.15) is 24.2 Å². The summed E-state index contributed by atoms with van der Waals surface area (Å²) in [6, 6.07) is 12.3. The van der Waals surface area contributed by atoms with Crippen molar-refractivity contribution < 1.29 is 4.79 Å². The molecule has 0 saturated heterocycles.